The van der Waals surface area contributed by atoms with Crippen molar-refractivity contribution < 1.29 is 9.53 Å². The zero-order chi connectivity index (χ0) is 11.1. The summed E-state index contributed by atoms with van der Waals surface area (Å²) in [6, 6.07) is 9.07. The molecule has 1 rings (SSSR count). The highest BCUT2D eigenvalue weighted by atomic mass is 127. The van der Waals surface area contributed by atoms with Gasteiger partial charge in [0.1, 0.15) is 0 Å². The molecule has 0 bridgehead atoms. The summed E-state index contributed by atoms with van der Waals surface area (Å²) in [4.78, 5) is 11.4. The molecule has 0 fully saturated rings. The summed E-state index contributed by atoms with van der Waals surface area (Å²) in [5, 5.41) is -0.762. The van der Waals surface area contributed by atoms with E-state index < -0.39 is 11.3 Å². The fraction of sp³-hybridized carbons (Fsp3) is 0.182. The quantitative estimate of drug-likeness (QED) is 0.368. The van der Waals surface area contributed by atoms with Crippen LogP contribution < -0.4 is 0 Å². The molecule has 4 heteroatoms. The molecular weight excluding hydrogens is 326 g/mol. The summed E-state index contributed by atoms with van der Waals surface area (Å²) >= 11 is 7.79. The van der Waals surface area contributed by atoms with Gasteiger partial charge in [0, 0.05) is 22.6 Å². The monoisotopic (exact) mass is 334 g/mol. The van der Waals surface area contributed by atoms with E-state index >= 15 is 0 Å². The van der Waals surface area contributed by atoms with Gasteiger partial charge < -0.3 is 4.74 Å². The van der Waals surface area contributed by atoms with Gasteiger partial charge in [-0.15, -0.1) is 11.6 Å². The van der Waals surface area contributed by atoms with Crippen molar-refractivity contribution in [3.63, 3.8) is 0 Å². The standard InChI is InChI=1S/C11H8ClIO2/c12-10(9-5-2-1-3-6-9)11(14)15-8-4-7-13/h1-3,5-6,10H,8H2. The first-order valence-electron chi connectivity index (χ1n) is 4.20. The fourth-order valence-electron chi connectivity index (χ4n) is 0.966. The minimum atomic E-state index is -0.762. The smallest absolute Gasteiger partial charge is 0.329 e. The van der Waals surface area contributed by atoms with E-state index in [0.29, 0.717) is 0 Å². The van der Waals surface area contributed by atoms with E-state index in [9.17, 15) is 4.79 Å². The maximum absolute atomic E-state index is 11.4. The van der Waals surface area contributed by atoms with Gasteiger partial charge >= 0.3 is 5.97 Å². The first-order chi connectivity index (χ1) is 7.25. The van der Waals surface area contributed by atoms with Crippen molar-refractivity contribution in [3.05, 3.63) is 35.9 Å². The molecule has 0 aliphatic heterocycles. The van der Waals surface area contributed by atoms with Gasteiger partial charge in [-0.2, -0.15) is 0 Å². The highest BCUT2D eigenvalue weighted by molar-refractivity contribution is 14.1. The molecule has 1 aromatic rings. The van der Waals surface area contributed by atoms with E-state index in [2.05, 4.69) is 9.85 Å². The second-order valence-electron chi connectivity index (χ2n) is 2.65. The molecule has 0 saturated carbocycles. The number of rotatable bonds is 3. The van der Waals surface area contributed by atoms with Crippen molar-refractivity contribution in [2.45, 2.75) is 5.38 Å². The van der Waals surface area contributed by atoms with Crippen LogP contribution in [0.5, 0.6) is 0 Å². The number of carbonyl (C=O) groups is 1. The molecular formula is C11H8ClIO2. The molecule has 1 atom stereocenters. The Balaban J connectivity index is 2.56. The van der Waals surface area contributed by atoms with Crippen LogP contribution in [0.4, 0.5) is 0 Å². The van der Waals surface area contributed by atoms with Gasteiger partial charge in [0.25, 0.3) is 0 Å². The molecule has 0 aliphatic rings. The number of hydrogen-bond acceptors (Lipinski definition) is 2. The number of esters is 1. The van der Waals surface area contributed by atoms with E-state index in [-0.39, 0.29) is 6.61 Å². The Morgan fingerprint density at radius 2 is 2.13 bits per heavy atom. The van der Waals surface area contributed by atoms with Crippen LogP contribution in [-0.2, 0) is 9.53 Å². The Hall–Kier alpha value is -0.730. The normalized spacial score (nSPS) is 11.1. The number of halogens is 2. The summed E-state index contributed by atoms with van der Waals surface area (Å²) in [6.45, 7) is 0.0812. The summed E-state index contributed by atoms with van der Waals surface area (Å²) < 4.78 is 7.45. The largest absolute Gasteiger partial charge is 0.451 e. The third-order valence-corrected chi connectivity index (χ3v) is 2.46. The Bertz CT molecular complexity index is 381. The van der Waals surface area contributed by atoms with E-state index in [1.807, 2.05) is 40.8 Å². The maximum atomic E-state index is 11.4. The number of ether oxygens (including phenoxy) is 1. The topological polar surface area (TPSA) is 26.3 Å². The Morgan fingerprint density at radius 1 is 1.47 bits per heavy atom. The van der Waals surface area contributed by atoms with Crippen molar-refractivity contribution in [1.82, 2.24) is 0 Å². The van der Waals surface area contributed by atoms with E-state index in [0.717, 1.165) is 5.56 Å². The molecule has 0 aromatic heterocycles. The van der Waals surface area contributed by atoms with Gasteiger partial charge in [-0.1, -0.05) is 36.3 Å². The molecule has 1 unspecified atom stereocenters. The van der Waals surface area contributed by atoms with Gasteiger partial charge in [-0.25, -0.2) is 0 Å². The number of hydrogen-bond donors (Lipinski definition) is 0. The molecule has 1 aromatic carbocycles. The van der Waals surface area contributed by atoms with Gasteiger partial charge in [0.15, 0.2) is 12.0 Å². The zero-order valence-electron chi connectivity index (χ0n) is 7.74. The van der Waals surface area contributed by atoms with Crippen molar-refractivity contribution in [3.8, 4) is 9.85 Å². The lowest BCUT2D eigenvalue weighted by molar-refractivity contribution is -0.141. The van der Waals surface area contributed by atoms with Crippen molar-refractivity contribution in [2.75, 3.05) is 6.61 Å². The van der Waals surface area contributed by atoms with Crippen molar-refractivity contribution in [1.29, 1.82) is 0 Å². The summed E-state index contributed by atoms with van der Waals surface area (Å²) in [7, 11) is 0. The highest BCUT2D eigenvalue weighted by Gasteiger charge is 2.18. The van der Waals surface area contributed by atoms with Crippen LogP contribution in [0.15, 0.2) is 30.3 Å². The van der Waals surface area contributed by atoms with Crippen LogP contribution >= 0.6 is 34.2 Å². The molecule has 0 radical (unpaired) electrons. The molecule has 0 spiro atoms. The third-order valence-electron chi connectivity index (χ3n) is 1.65. The van der Waals surface area contributed by atoms with E-state index in [4.69, 9.17) is 16.3 Å². The van der Waals surface area contributed by atoms with Crippen LogP contribution in [0.2, 0.25) is 0 Å². The summed E-state index contributed by atoms with van der Waals surface area (Å²) in [6.07, 6.45) is 0. The summed E-state index contributed by atoms with van der Waals surface area (Å²) in [5.41, 5.74) is 0.728. The Kier molecular flexibility index (Phi) is 5.51. The Morgan fingerprint density at radius 3 is 2.73 bits per heavy atom. The van der Waals surface area contributed by atoms with Gasteiger partial charge in [-0.3, -0.25) is 4.79 Å². The number of benzene rings is 1. The SMILES string of the molecule is O=C(OCC#CI)C(Cl)c1ccccc1. The van der Waals surface area contributed by atoms with E-state index in [1.165, 1.54) is 0 Å². The molecule has 15 heavy (non-hydrogen) atoms. The van der Waals surface area contributed by atoms with Gasteiger partial charge in [-0.05, 0) is 9.49 Å². The lowest BCUT2D eigenvalue weighted by Gasteiger charge is -2.07. The van der Waals surface area contributed by atoms with Crippen LogP contribution in [0.25, 0.3) is 0 Å². The second kappa shape index (κ2) is 6.70. The minimum absolute atomic E-state index is 0.0812. The molecule has 0 heterocycles. The third kappa shape index (κ3) is 4.10. The Labute approximate surface area is 107 Å². The zero-order valence-corrected chi connectivity index (χ0v) is 10.7. The molecule has 0 aliphatic carbocycles. The predicted molar refractivity (Wildman–Crippen MR) is 67.8 cm³/mol. The molecule has 2 nitrogen and oxygen atoms in total. The number of carbonyl (C=O) groups excluding carboxylic acids is 1. The van der Waals surface area contributed by atoms with Gasteiger partial charge in [0.05, 0.1) is 0 Å². The van der Waals surface area contributed by atoms with Crippen LogP contribution in [0, 0.1) is 9.85 Å². The molecule has 0 N–H and O–H groups in total. The van der Waals surface area contributed by atoms with E-state index in [1.54, 1.807) is 12.1 Å². The lowest BCUT2D eigenvalue weighted by atomic mass is 10.1. The molecule has 0 amide bonds. The minimum Gasteiger partial charge on any atom is -0.451 e. The number of alkyl halides is 1. The average molecular weight is 335 g/mol. The van der Waals surface area contributed by atoms with Crippen LogP contribution in [0.3, 0.4) is 0 Å². The molecule has 0 saturated heterocycles. The van der Waals surface area contributed by atoms with Gasteiger partial charge in [0.2, 0.25) is 0 Å². The lowest BCUT2D eigenvalue weighted by Crippen LogP contribution is -2.11. The highest BCUT2D eigenvalue weighted by Crippen LogP contribution is 2.21. The average Bonchev–Trinajstić information content (AvgIpc) is 2.29. The molecule has 78 valence electrons. The predicted octanol–water partition coefficient (Wildman–Crippen LogP) is 2.91. The van der Waals surface area contributed by atoms with Crippen LogP contribution in [0.1, 0.15) is 10.9 Å². The fourth-order valence-corrected chi connectivity index (χ4v) is 1.33. The summed E-state index contributed by atoms with van der Waals surface area (Å²) in [5.74, 6) is 2.15. The van der Waals surface area contributed by atoms with Crippen molar-refractivity contribution >= 4 is 40.2 Å². The maximum Gasteiger partial charge on any atom is 0.329 e. The van der Waals surface area contributed by atoms with Crippen LogP contribution in [-0.4, -0.2) is 12.6 Å². The first kappa shape index (κ1) is 12.3. The second-order valence-corrected chi connectivity index (χ2v) is 3.63. The van der Waals surface area contributed by atoms with Crippen molar-refractivity contribution in [2.24, 2.45) is 0 Å². The first-order valence-corrected chi connectivity index (χ1v) is 5.71.